The summed E-state index contributed by atoms with van der Waals surface area (Å²) in [5.74, 6) is 0.0763. The normalized spacial score (nSPS) is 14.6. The van der Waals surface area contributed by atoms with E-state index in [4.69, 9.17) is 9.47 Å². The van der Waals surface area contributed by atoms with Gasteiger partial charge < -0.3 is 19.1 Å². The van der Waals surface area contributed by atoms with Crippen molar-refractivity contribution < 1.29 is 28.6 Å². The van der Waals surface area contributed by atoms with Crippen LogP contribution in [0.15, 0.2) is 40.8 Å². The summed E-state index contributed by atoms with van der Waals surface area (Å²) in [6.07, 6.45) is 1.83. The molecule has 0 aliphatic carbocycles. The van der Waals surface area contributed by atoms with Crippen LogP contribution in [0.4, 0.5) is 0 Å². The number of carbonyl (C=O) groups is 3. The maximum absolute atomic E-state index is 12.1. The molecule has 8 nitrogen and oxygen atoms in total. The van der Waals surface area contributed by atoms with Gasteiger partial charge in [0.1, 0.15) is 17.4 Å². The Morgan fingerprint density at radius 1 is 1.25 bits per heavy atom. The number of hydrogen-bond acceptors (Lipinski definition) is 9. The van der Waals surface area contributed by atoms with Crippen LogP contribution in [0.2, 0.25) is 0 Å². The van der Waals surface area contributed by atoms with Gasteiger partial charge in [-0.05, 0) is 25.5 Å². The van der Waals surface area contributed by atoms with Gasteiger partial charge in [0, 0.05) is 11.9 Å². The SMILES string of the molecule is COC(=O)/C=C1/SCC(=O)N1CCCOC(=O)Cc1csc(COc2ccc(C)cc2)n1. The highest BCUT2D eigenvalue weighted by Gasteiger charge is 2.27. The minimum atomic E-state index is -0.509. The third-order valence-corrected chi connectivity index (χ3v) is 6.35. The number of thiazole rings is 1. The lowest BCUT2D eigenvalue weighted by atomic mass is 10.2. The van der Waals surface area contributed by atoms with Crippen LogP contribution in [0.1, 0.15) is 22.7 Å². The van der Waals surface area contributed by atoms with E-state index in [1.54, 1.807) is 0 Å². The van der Waals surface area contributed by atoms with Gasteiger partial charge in [-0.3, -0.25) is 9.59 Å². The molecule has 2 heterocycles. The third kappa shape index (κ3) is 7.10. The molecule has 1 aliphatic heterocycles. The summed E-state index contributed by atoms with van der Waals surface area (Å²) in [5, 5.41) is 3.15. The maximum Gasteiger partial charge on any atom is 0.333 e. The lowest BCUT2D eigenvalue weighted by Gasteiger charge is -2.16. The van der Waals surface area contributed by atoms with Gasteiger partial charge in [0.25, 0.3) is 0 Å². The molecule has 170 valence electrons. The van der Waals surface area contributed by atoms with Crippen LogP contribution in [-0.2, 0) is 36.9 Å². The van der Waals surface area contributed by atoms with Crippen LogP contribution in [0, 0.1) is 6.92 Å². The van der Waals surface area contributed by atoms with E-state index in [9.17, 15) is 14.4 Å². The summed E-state index contributed by atoms with van der Waals surface area (Å²) in [7, 11) is 1.28. The van der Waals surface area contributed by atoms with Crippen molar-refractivity contribution in [1.82, 2.24) is 9.88 Å². The monoisotopic (exact) mass is 476 g/mol. The fourth-order valence-electron chi connectivity index (χ4n) is 2.81. The number of aromatic nitrogens is 1. The van der Waals surface area contributed by atoms with Gasteiger partial charge in [-0.2, -0.15) is 0 Å². The molecular weight excluding hydrogens is 452 g/mol. The molecule has 0 atom stereocenters. The number of rotatable bonds is 10. The van der Waals surface area contributed by atoms with Crippen LogP contribution < -0.4 is 4.74 Å². The molecule has 1 saturated heterocycles. The summed E-state index contributed by atoms with van der Waals surface area (Å²) in [6.45, 7) is 2.89. The molecule has 10 heteroatoms. The van der Waals surface area contributed by atoms with Gasteiger partial charge in [0.15, 0.2) is 0 Å². The maximum atomic E-state index is 12.1. The zero-order valence-corrected chi connectivity index (χ0v) is 19.5. The Bertz CT molecular complexity index is 987. The van der Waals surface area contributed by atoms with Crippen molar-refractivity contribution in [1.29, 1.82) is 0 Å². The summed E-state index contributed by atoms with van der Waals surface area (Å²) < 4.78 is 15.6. The summed E-state index contributed by atoms with van der Waals surface area (Å²) >= 11 is 2.72. The van der Waals surface area contributed by atoms with Crippen LogP contribution >= 0.6 is 23.1 Å². The molecule has 0 saturated carbocycles. The highest BCUT2D eigenvalue weighted by molar-refractivity contribution is 8.04. The van der Waals surface area contributed by atoms with Gasteiger partial charge >= 0.3 is 11.9 Å². The number of thioether (sulfide) groups is 1. The van der Waals surface area contributed by atoms with Gasteiger partial charge in [-0.15, -0.1) is 11.3 Å². The largest absolute Gasteiger partial charge is 0.486 e. The average molecular weight is 477 g/mol. The van der Waals surface area contributed by atoms with Crippen molar-refractivity contribution in [3.8, 4) is 5.75 Å². The van der Waals surface area contributed by atoms with E-state index in [0.717, 1.165) is 16.3 Å². The van der Waals surface area contributed by atoms with E-state index in [-0.39, 0.29) is 30.7 Å². The molecule has 0 spiro atoms. The number of ether oxygens (including phenoxy) is 3. The molecule has 1 aliphatic rings. The first kappa shape index (κ1) is 23.8. The first-order valence-corrected chi connectivity index (χ1v) is 11.8. The molecular formula is C22H24N2O6S2. The van der Waals surface area contributed by atoms with Crippen LogP contribution in [-0.4, -0.2) is 53.7 Å². The van der Waals surface area contributed by atoms with Gasteiger partial charge in [0.2, 0.25) is 5.91 Å². The Balaban J connectivity index is 1.38. The predicted octanol–water partition coefficient (Wildman–Crippen LogP) is 3.10. The number of methoxy groups -OCH3 is 1. The molecule has 1 fully saturated rings. The Morgan fingerprint density at radius 2 is 2.03 bits per heavy atom. The third-order valence-electron chi connectivity index (χ3n) is 4.45. The predicted molar refractivity (Wildman–Crippen MR) is 121 cm³/mol. The number of hydrogen-bond donors (Lipinski definition) is 0. The molecule has 1 aromatic heterocycles. The Kier molecular flexibility index (Phi) is 8.69. The van der Waals surface area contributed by atoms with Crippen molar-refractivity contribution >= 4 is 40.9 Å². The summed E-state index contributed by atoms with van der Waals surface area (Å²) in [4.78, 5) is 41.4. The Labute approximate surface area is 194 Å². The van der Waals surface area contributed by atoms with Crippen LogP contribution in [0.5, 0.6) is 5.75 Å². The smallest absolute Gasteiger partial charge is 0.333 e. The van der Waals surface area contributed by atoms with E-state index in [1.165, 1.54) is 41.2 Å². The molecule has 3 rings (SSSR count). The molecule has 0 bridgehead atoms. The molecule has 2 aromatic rings. The number of amides is 1. The van der Waals surface area contributed by atoms with Gasteiger partial charge in [0.05, 0.1) is 42.7 Å². The lowest BCUT2D eigenvalue weighted by molar-refractivity contribution is -0.143. The van der Waals surface area contributed by atoms with E-state index in [1.807, 2.05) is 36.6 Å². The molecule has 1 amide bonds. The minimum Gasteiger partial charge on any atom is -0.486 e. The number of aryl methyl sites for hydroxylation is 1. The van der Waals surface area contributed by atoms with E-state index < -0.39 is 5.97 Å². The molecule has 0 unspecified atom stereocenters. The second-order valence-corrected chi connectivity index (χ2v) is 8.86. The fraction of sp³-hybridized carbons (Fsp3) is 0.364. The highest BCUT2D eigenvalue weighted by Crippen LogP contribution is 2.28. The lowest BCUT2D eigenvalue weighted by Crippen LogP contribution is -2.27. The zero-order chi connectivity index (χ0) is 22.9. The highest BCUT2D eigenvalue weighted by atomic mass is 32.2. The quantitative estimate of drug-likeness (QED) is 0.293. The van der Waals surface area contributed by atoms with Crippen molar-refractivity contribution in [2.75, 3.05) is 26.0 Å². The topological polar surface area (TPSA) is 95.0 Å². The Morgan fingerprint density at radius 3 is 2.78 bits per heavy atom. The van der Waals surface area contributed by atoms with Crippen LogP contribution in [0.25, 0.3) is 0 Å². The zero-order valence-electron chi connectivity index (χ0n) is 17.9. The van der Waals surface area contributed by atoms with E-state index in [0.29, 0.717) is 30.3 Å². The van der Waals surface area contributed by atoms with E-state index in [2.05, 4.69) is 9.72 Å². The van der Waals surface area contributed by atoms with Crippen molar-refractivity contribution in [2.45, 2.75) is 26.4 Å². The standard InChI is InChI=1S/C22H24N2O6S2/c1-15-4-6-17(7-5-15)30-12-18-23-16(13-31-18)10-22(27)29-9-3-8-24-19(25)14-32-20(24)11-21(26)28-2/h4-7,11,13H,3,8-10,12,14H2,1-2H3/b20-11+. The van der Waals surface area contributed by atoms with Gasteiger partial charge in [-0.1, -0.05) is 29.5 Å². The number of esters is 2. The second-order valence-electron chi connectivity index (χ2n) is 6.92. The Hall–Kier alpha value is -2.85. The van der Waals surface area contributed by atoms with Crippen molar-refractivity contribution in [2.24, 2.45) is 0 Å². The van der Waals surface area contributed by atoms with E-state index >= 15 is 0 Å². The first-order chi connectivity index (χ1) is 15.4. The number of nitrogens with zero attached hydrogens (tertiary/aromatic N) is 2. The van der Waals surface area contributed by atoms with Crippen LogP contribution in [0.3, 0.4) is 0 Å². The van der Waals surface area contributed by atoms with Crippen molar-refractivity contribution in [3.63, 3.8) is 0 Å². The van der Waals surface area contributed by atoms with Crippen molar-refractivity contribution in [3.05, 3.63) is 57.0 Å². The summed E-state index contributed by atoms with van der Waals surface area (Å²) in [5.41, 5.74) is 1.80. The fourth-order valence-corrected chi connectivity index (χ4v) is 4.47. The minimum absolute atomic E-state index is 0.0764. The number of carbonyl (C=O) groups excluding carboxylic acids is 3. The van der Waals surface area contributed by atoms with Gasteiger partial charge in [-0.25, -0.2) is 9.78 Å². The first-order valence-electron chi connectivity index (χ1n) is 9.96. The second kappa shape index (κ2) is 11.7. The average Bonchev–Trinajstić information content (AvgIpc) is 3.37. The molecule has 0 radical (unpaired) electrons. The summed E-state index contributed by atoms with van der Waals surface area (Å²) in [6, 6.07) is 7.77. The molecule has 32 heavy (non-hydrogen) atoms. The molecule has 1 aromatic carbocycles. The number of benzene rings is 1. The molecule has 0 N–H and O–H groups in total.